The highest BCUT2D eigenvalue weighted by atomic mass is 35.5. The first-order valence-corrected chi connectivity index (χ1v) is 9.67. The number of pyridine rings is 1. The first-order valence-electron chi connectivity index (χ1n) is 9.29. The average molecular weight is 430 g/mol. The molecule has 0 atom stereocenters. The van der Waals surface area contributed by atoms with Crippen molar-refractivity contribution in [3.05, 3.63) is 70.1 Å². The van der Waals surface area contributed by atoms with E-state index in [0.717, 1.165) is 0 Å². The minimum atomic E-state index is -0.857. The Morgan fingerprint density at radius 2 is 1.97 bits per heavy atom. The summed E-state index contributed by atoms with van der Waals surface area (Å²) in [5, 5.41) is 9.93. The van der Waals surface area contributed by atoms with Gasteiger partial charge in [-0.05, 0) is 50.6 Å². The second-order valence-corrected chi connectivity index (χ2v) is 7.36. The number of aromatic nitrogens is 3. The fourth-order valence-electron chi connectivity index (χ4n) is 2.89. The molecule has 2 amide bonds. The van der Waals surface area contributed by atoms with E-state index in [-0.39, 0.29) is 34.2 Å². The topological polar surface area (TPSA) is 88.9 Å². The van der Waals surface area contributed by atoms with Crippen molar-refractivity contribution in [2.45, 2.75) is 33.5 Å². The van der Waals surface area contributed by atoms with Gasteiger partial charge >= 0.3 is 0 Å². The molecule has 0 aliphatic carbocycles. The first-order chi connectivity index (χ1) is 14.3. The molecule has 7 nitrogen and oxygen atoms in total. The average Bonchev–Trinajstić information content (AvgIpc) is 3.13. The summed E-state index contributed by atoms with van der Waals surface area (Å²) in [7, 11) is 0. The lowest BCUT2D eigenvalue weighted by Crippen LogP contribution is -2.31. The standard InChI is InChI=1S/C21H21ClFN5O2/c1-12(2)25-20(29)15-7-4-6-13(3)18(15)26-21(30)17-10-14(11-23)27-28(17)19-16(22)8-5-9-24-19/h4-10,12H,11H2,1-3H3,(H,25,29)(H,26,30). The third-order valence-electron chi connectivity index (χ3n) is 4.24. The quantitative estimate of drug-likeness (QED) is 0.617. The van der Waals surface area contributed by atoms with Gasteiger partial charge in [0.05, 0.1) is 22.0 Å². The van der Waals surface area contributed by atoms with Crippen LogP contribution in [-0.2, 0) is 6.67 Å². The molecular formula is C21H21ClFN5O2. The van der Waals surface area contributed by atoms with Gasteiger partial charge in [-0.3, -0.25) is 9.59 Å². The Bertz CT molecular complexity index is 1100. The number of benzene rings is 1. The van der Waals surface area contributed by atoms with E-state index in [0.29, 0.717) is 16.8 Å². The molecule has 0 radical (unpaired) electrons. The number of carbonyl (C=O) groups excluding carboxylic acids is 2. The van der Waals surface area contributed by atoms with Crippen LogP contribution in [0.2, 0.25) is 5.02 Å². The van der Waals surface area contributed by atoms with Crippen LogP contribution >= 0.6 is 11.6 Å². The number of carbonyl (C=O) groups is 2. The van der Waals surface area contributed by atoms with Crippen molar-refractivity contribution >= 4 is 29.1 Å². The highest BCUT2D eigenvalue weighted by Gasteiger charge is 2.22. The Balaban J connectivity index is 2.01. The molecule has 0 aliphatic heterocycles. The Hall–Kier alpha value is -3.26. The zero-order valence-electron chi connectivity index (χ0n) is 16.7. The van der Waals surface area contributed by atoms with Crippen LogP contribution < -0.4 is 10.6 Å². The van der Waals surface area contributed by atoms with Crippen LogP contribution in [0.3, 0.4) is 0 Å². The second-order valence-electron chi connectivity index (χ2n) is 6.95. The van der Waals surface area contributed by atoms with Crippen LogP contribution in [0.25, 0.3) is 5.82 Å². The summed E-state index contributed by atoms with van der Waals surface area (Å²) in [5.74, 6) is -0.682. The zero-order valence-corrected chi connectivity index (χ0v) is 17.5. The summed E-state index contributed by atoms with van der Waals surface area (Å²) >= 11 is 6.19. The van der Waals surface area contributed by atoms with Gasteiger partial charge in [-0.1, -0.05) is 23.7 Å². The smallest absolute Gasteiger partial charge is 0.274 e. The molecule has 0 saturated heterocycles. The maximum Gasteiger partial charge on any atom is 0.274 e. The third kappa shape index (κ3) is 4.49. The number of rotatable bonds is 6. The van der Waals surface area contributed by atoms with Gasteiger partial charge < -0.3 is 10.6 Å². The maximum atomic E-state index is 13.3. The van der Waals surface area contributed by atoms with E-state index in [4.69, 9.17) is 11.6 Å². The van der Waals surface area contributed by atoms with Gasteiger partial charge in [0.15, 0.2) is 5.82 Å². The van der Waals surface area contributed by atoms with Gasteiger partial charge in [-0.2, -0.15) is 5.10 Å². The van der Waals surface area contributed by atoms with E-state index in [1.165, 1.54) is 16.9 Å². The van der Waals surface area contributed by atoms with Crippen LogP contribution in [0.4, 0.5) is 10.1 Å². The molecule has 0 bridgehead atoms. The number of hydrogen-bond acceptors (Lipinski definition) is 4. The summed E-state index contributed by atoms with van der Waals surface area (Å²) in [4.78, 5) is 29.8. The number of amides is 2. The fraction of sp³-hybridized carbons (Fsp3) is 0.238. The molecule has 2 aromatic heterocycles. The molecule has 0 saturated carbocycles. The fourth-order valence-corrected chi connectivity index (χ4v) is 3.09. The van der Waals surface area contributed by atoms with Crippen molar-refractivity contribution in [2.75, 3.05) is 5.32 Å². The zero-order chi connectivity index (χ0) is 21.8. The second kappa shape index (κ2) is 9.04. The largest absolute Gasteiger partial charge is 0.350 e. The minimum absolute atomic E-state index is 0.0433. The van der Waals surface area contributed by atoms with Gasteiger partial charge in [0.25, 0.3) is 11.8 Å². The molecule has 0 aliphatic rings. The number of aryl methyl sites for hydroxylation is 1. The van der Waals surface area contributed by atoms with E-state index < -0.39 is 12.6 Å². The lowest BCUT2D eigenvalue weighted by molar-refractivity contribution is 0.0944. The molecule has 0 fully saturated rings. The van der Waals surface area contributed by atoms with Crippen molar-refractivity contribution in [1.29, 1.82) is 0 Å². The summed E-state index contributed by atoms with van der Waals surface area (Å²) in [6.07, 6.45) is 1.50. The van der Waals surface area contributed by atoms with Gasteiger partial charge in [-0.25, -0.2) is 14.1 Å². The molecular weight excluding hydrogens is 409 g/mol. The van der Waals surface area contributed by atoms with E-state index in [1.54, 1.807) is 37.3 Å². The lowest BCUT2D eigenvalue weighted by atomic mass is 10.1. The van der Waals surface area contributed by atoms with Gasteiger partial charge in [0, 0.05) is 12.2 Å². The van der Waals surface area contributed by atoms with E-state index in [1.807, 2.05) is 13.8 Å². The van der Waals surface area contributed by atoms with Crippen molar-refractivity contribution < 1.29 is 14.0 Å². The summed E-state index contributed by atoms with van der Waals surface area (Å²) in [6.45, 7) is 4.62. The molecule has 156 valence electrons. The number of para-hydroxylation sites is 1. The highest BCUT2D eigenvalue weighted by Crippen LogP contribution is 2.24. The number of alkyl halides is 1. The van der Waals surface area contributed by atoms with Crippen molar-refractivity contribution in [1.82, 2.24) is 20.1 Å². The molecule has 1 aromatic carbocycles. The number of nitrogens with zero attached hydrogens (tertiary/aromatic N) is 3. The summed E-state index contributed by atoms with van der Waals surface area (Å²) in [6, 6.07) is 9.63. The number of anilines is 1. The van der Waals surface area contributed by atoms with Crippen LogP contribution in [0.15, 0.2) is 42.6 Å². The van der Waals surface area contributed by atoms with Gasteiger partial charge in [-0.15, -0.1) is 0 Å². The molecule has 3 rings (SSSR count). The van der Waals surface area contributed by atoms with Gasteiger partial charge in [0.2, 0.25) is 0 Å². The predicted molar refractivity (Wildman–Crippen MR) is 113 cm³/mol. The summed E-state index contributed by atoms with van der Waals surface area (Å²) in [5.41, 5.74) is 1.49. The SMILES string of the molecule is Cc1cccc(C(=O)NC(C)C)c1NC(=O)c1cc(CF)nn1-c1ncccc1Cl. The van der Waals surface area contributed by atoms with E-state index >= 15 is 0 Å². The number of halogens is 2. The Morgan fingerprint density at radius 3 is 2.63 bits per heavy atom. The van der Waals surface area contributed by atoms with Crippen molar-refractivity contribution in [2.24, 2.45) is 0 Å². The molecule has 0 spiro atoms. The Morgan fingerprint density at radius 1 is 1.20 bits per heavy atom. The Labute approximate surface area is 178 Å². The van der Waals surface area contributed by atoms with Crippen LogP contribution in [0.1, 0.15) is 46.0 Å². The molecule has 2 heterocycles. The van der Waals surface area contributed by atoms with E-state index in [9.17, 15) is 14.0 Å². The maximum absolute atomic E-state index is 13.3. The van der Waals surface area contributed by atoms with Crippen LogP contribution in [0, 0.1) is 6.92 Å². The van der Waals surface area contributed by atoms with Crippen molar-refractivity contribution in [3.63, 3.8) is 0 Å². The molecule has 9 heteroatoms. The lowest BCUT2D eigenvalue weighted by Gasteiger charge is -2.15. The van der Waals surface area contributed by atoms with E-state index in [2.05, 4.69) is 20.7 Å². The third-order valence-corrected chi connectivity index (χ3v) is 4.54. The highest BCUT2D eigenvalue weighted by molar-refractivity contribution is 6.32. The number of hydrogen-bond donors (Lipinski definition) is 2. The molecule has 0 unspecified atom stereocenters. The molecule has 2 N–H and O–H groups in total. The predicted octanol–water partition coefficient (Wildman–Crippen LogP) is 4.09. The Kier molecular flexibility index (Phi) is 6.47. The minimum Gasteiger partial charge on any atom is -0.350 e. The molecule has 3 aromatic rings. The van der Waals surface area contributed by atoms with Crippen LogP contribution in [0.5, 0.6) is 0 Å². The number of nitrogens with one attached hydrogen (secondary N) is 2. The summed E-state index contributed by atoms with van der Waals surface area (Å²) < 4.78 is 14.5. The monoisotopic (exact) mass is 429 g/mol. The van der Waals surface area contributed by atoms with Gasteiger partial charge in [0.1, 0.15) is 12.4 Å². The normalized spacial score (nSPS) is 10.9. The first kappa shape index (κ1) is 21.4. The van der Waals surface area contributed by atoms with Crippen LogP contribution in [-0.4, -0.2) is 32.6 Å². The molecule has 30 heavy (non-hydrogen) atoms. The van der Waals surface area contributed by atoms with Crippen molar-refractivity contribution in [3.8, 4) is 5.82 Å².